The van der Waals surface area contributed by atoms with Crippen LogP contribution in [0.25, 0.3) is 0 Å². The number of amides is 5. The first kappa shape index (κ1) is 56.8. The molecule has 66 heavy (non-hydrogen) atoms. The number of unbranched alkanes of at least 4 members (excludes halogenated alkanes) is 4. The molecule has 0 aliphatic carbocycles. The van der Waals surface area contributed by atoms with Crippen molar-refractivity contribution in [1.82, 2.24) is 10.2 Å². The van der Waals surface area contributed by atoms with E-state index in [9.17, 15) is 24.0 Å². The number of anilines is 1. The summed E-state index contributed by atoms with van der Waals surface area (Å²) in [5, 5.41) is 4.91. The fourth-order valence-corrected chi connectivity index (χ4v) is 6.47. The van der Waals surface area contributed by atoms with E-state index in [1.165, 1.54) is 18.9 Å². The van der Waals surface area contributed by atoms with E-state index in [0.29, 0.717) is 158 Å². The Kier molecular flexibility index (Phi) is 33.1. The fraction of sp³-hybridized carbons (Fsp3) is 0.761. The summed E-state index contributed by atoms with van der Waals surface area (Å²) in [7, 11) is 0. The number of hydrogen-bond donors (Lipinski definition) is 2. The van der Waals surface area contributed by atoms with Crippen LogP contribution in [0.1, 0.15) is 85.4 Å². The van der Waals surface area contributed by atoms with E-state index >= 15 is 0 Å². The first-order chi connectivity index (χ1) is 32.4. The summed E-state index contributed by atoms with van der Waals surface area (Å²) < 4.78 is 66.1. The van der Waals surface area contributed by atoms with Crippen molar-refractivity contribution in [3.8, 4) is 0 Å². The predicted molar refractivity (Wildman–Crippen MR) is 240 cm³/mol. The molecule has 0 aromatic heterocycles. The fourth-order valence-electron chi connectivity index (χ4n) is 6.47. The Bertz CT molecular complexity index is 1490. The van der Waals surface area contributed by atoms with E-state index in [1.54, 1.807) is 12.1 Å². The summed E-state index contributed by atoms with van der Waals surface area (Å²) in [6, 6.07) is 3.53. The molecule has 5 amide bonds. The predicted octanol–water partition coefficient (Wildman–Crippen LogP) is 2.98. The third kappa shape index (κ3) is 25.6. The molecule has 1 unspecified atom stereocenters. The quantitative estimate of drug-likeness (QED) is 0.0709. The van der Waals surface area contributed by atoms with E-state index in [1.807, 2.05) is 0 Å². The highest BCUT2D eigenvalue weighted by molar-refractivity contribution is 6.26. The van der Waals surface area contributed by atoms with Crippen LogP contribution in [-0.4, -0.2) is 199 Å². The summed E-state index contributed by atoms with van der Waals surface area (Å²) in [6.07, 6.45) is 5.95. The van der Waals surface area contributed by atoms with Gasteiger partial charge in [-0.15, -0.1) is 0 Å². The highest BCUT2D eigenvalue weighted by Crippen LogP contribution is 2.32. The van der Waals surface area contributed by atoms with Crippen LogP contribution in [0.3, 0.4) is 0 Å². The molecule has 2 N–H and O–H groups in total. The van der Waals surface area contributed by atoms with Crippen LogP contribution in [0, 0.1) is 0 Å². The molecule has 1 aromatic rings. The van der Waals surface area contributed by atoms with E-state index in [2.05, 4.69) is 17.6 Å². The number of fused-ring (bicyclic) bond motifs is 1. The Morgan fingerprint density at radius 2 is 0.924 bits per heavy atom. The van der Waals surface area contributed by atoms with Crippen LogP contribution in [0.4, 0.5) is 5.69 Å². The normalized spacial score (nSPS) is 14.9. The van der Waals surface area contributed by atoms with Crippen molar-refractivity contribution in [2.24, 2.45) is 0 Å². The molecule has 20 heteroatoms. The van der Waals surface area contributed by atoms with Crippen LogP contribution >= 0.6 is 0 Å². The SMILES string of the molecule is CCCCCOCCOCCOCCOCCOCCOCCOCCOCCOCCOCCOCCOCCCCCC(=O)Nc1cccc2c1C(=O)N(C1CCC(=O)NC1=O)C2=O. The lowest BCUT2D eigenvalue weighted by atomic mass is 10.0. The zero-order valence-electron chi connectivity index (χ0n) is 39.0. The van der Waals surface area contributed by atoms with Gasteiger partial charge in [-0.25, -0.2) is 0 Å². The Morgan fingerprint density at radius 1 is 0.530 bits per heavy atom. The van der Waals surface area contributed by atoms with Crippen LogP contribution in [0.5, 0.6) is 0 Å². The molecule has 1 atom stereocenters. The van der Waals surface area contributed by atoms with Gasteiger partial charge in [-0.2, -0.15) is 0 Å². The molecule has 1 fully saturated rings. The maximum atomic E-state index is 13.2. The number of imide groups is 2. The van der Waals surface area contributed by atoms with Crippen molar-refractivity contribution in [1.29, 1.82) is 0 Å². The topological polar surface area (TPSA) is 223 Å². The molecule has 2 heterocycles. The van der Waals surface area contributed by atoms with Gasteiger partial charge < -0.3 is 62.2 Å². The average molecular weight is 942 g/mol. The third-order valence-electron chi connectivity index (χ3n) is 9.92. The number of benzene rings is 1. The van der Waals surface area contributed by atoms with Gasteiger partial charge in [0.05, 0.1) is 162 Å². The molecule has 376 valence electrons. The smallest absolute Gasteiger partial charge is 0.264 e. The number of nitrogens with zero attached hydrogens (tertiary/aromatic N) is 1. The lowest BCUT2D eigenvalue weighted by molar-refractivity contribution is -0.136. The van der Waals surface area contributed by atoms with Gasteiger partial charge in [-0.05, 0) is 37.8 Å². The summed E-state index contributed by atoms with van der Waals surface area (Å²) >= 11 is 0. The maximum Gasteiger partial charge on any atom is 0.264 e. The number of nitrogens with one attached hydrogen (secondary N) is 2. The zero-order chi connectivity index (χ0) is 47.1. The van der Waals surface area contributed by atoms with Crippen molar-refractivity contribution in [3.05, 3.63) is 29.3 Å². The number of rotatable bonds is 45. The number of carbonyl (C=O) groups excluding carboxylic acids is 5. The van der Waals surface area contributed by atoms with E-state index in [-0.39, 0.29) is 42.0 Å². The average Bonchev–Trinajstić information content (AvgIpc) is 3.56. The summed E-state index contributed by atoms with van der Waals surface area (Å²) in [4.78, 5) is 63.6. The Balaban J connectivity index is 0.965. The van der Waals surface area contributed by atoms with Gasteiger partial charge in [0.25, 0.3) is 11.8 Å². The lowest BCUT2D eigenvalue weighted by Gasteiger charge is -2.27. The summed E-state index contributed by atoms with van der Waals surface area (Å²) in [5.41, 5.74) is 0.379. The zero-order valence-corrected chi connectivity index (χ0v) is 39.0. The Morgan fingerprint density at radius 3 is 1.32 bits per heavy atom. The number of ether oxygens (including phenoxy) is 12. The Hall–Kier alpha value is -3.51. The highest BCUT2D eigenvalue weighted by Gasteiger charge is 2.45. The lowest BCUT2D eigenvalue weighted by Crippen LogP contribution is -2.54. The van der Waals surface area contributed by atoms with E-state index < -0.39 is 29.7 Å². The molecule has 1 aromatic carbocycles. The van der Waals surface area contributed by atoms with Gasteiger partial charge in [-0.3, -0.25) is 34.2 Å². The van der Waals surface area contributed by atoms with Gasteiger partial charge in [-0.1, -0.05) is 32.3 Å². The summed E-state index contributed by atoms with van der Waals surface area (Å²) in [6.45, 7) is 14.4. The van der Waals surface area contributed by atoms with Crippen molar-refractivity contribution in [2.75, 3.05) is 164 Å². The van der Waals surface area contributed by atoms with Crippen molar-refractivity contribution in [3.63, 3.8) is 0 Å². The van der Waals surface area contributed by atoms with Crippen LogP contribution in [-0.2, 0) is 71.2 Å². The van der Waals surface area contributed by atoms with Gasteiger partial charge >= 0.3 is 0 Å². The van der Waals surface area contributed by atoms with Crippen LogP contribution in [0.2, 0.25) is 0 Å². The monoisotopic (exact) mass is 942 g/mol. The standard InChI is InChI=1S/C46H75N3O17/c1-2-3-6-14-55-16-18-57-20-22-59-24-26-61-28-30-63-32-34-65-36-37-66-35-33-64-31-29-62-27-25-60-23-21-58-19-17-56-15-7-4-5-11-41(50)47-39-10-8-9-38-43(39)46(54)49(45(38)53)40-12-13-42(51)48-44(40)52/h8-10,40H,2-7,11-37H2,1H3,(H,47,50)(H,48,51,52). The van der Waals surface area contributed by atoms with E-state index in [4.69, 9.17) is 56.8 Å². The molecule has 20 nitrogen and oxygen atoms in total. The number of piperidine rings is 1. The van der Waals surface area contributed by atoms with Gasteiger partial charge in [0.2, 0.25) is 17.7 Å². The molecular formula is C46H75N3O17. The Labute approximate surface area is 389 Å². The molecule has 0 spiro atoms. The minimum absolute atomic E-state index is 0.0270. The molecule has 0 radical (unpaired) electrons. The van der Waals surface area contributed by atoms with Crippen LogP contribution in [0.15, 0.2) is 18.2 Å². The molecule has 0 saturated carbocycles. The number of carbonyl (C=O) groups is 5. The molecule has 2 aliphatic rings. The largest absolute Gasteiger partial charge is 0.379 e. The molecule has 3 rings (SSSR count). The highest BCUT2D eigenvalue weighted by atomic mass is 16.6. The number of hydrogen-bond acceptors (Lipinski definition) is 17. The van der Waals surface area contributed by atoms with Crippen LogP contribution < -0.4 is 10.6 Å². The van der Waals surface area contributed by atoms with Crippen molar-refractivity contribution >= 4 is 35.2 Å². The van der Waals surface area contributed by atoms with Gasteiger partial charge in [0, 0.05) is 26.1 Å². The third-order valence-corrected chi connectivity index (χ3v) is 9.92. The van der Waals surface area contributed by atoms with Gasteiger partial charge in [0.1, 0.15) is 6.04 Å². The van der Waals surface area contributed by atoms with Crippen molar-refractivity contribution in [2.45, 2.75) is 70.8 Å². The molecule has 1 saturated heterocycles. The second-order valence-electron chi connectivity index (χ2n) is 15.1. The molecule has 2 aliphatic heterocycles. The first-order valence-corrected chi connectivity index (χ1v) is 23.5. The maximum absolute atomic E-state index is 13.2. The summed E-state index contributed by atoms with van der Waals surface area (Å²) in [5.74, 6) is -2.72. The first-order valence-electron chi connectivity index (χ1n) is 23.5. The second-order valence-corrected chi connectivity index (χ2v) is 15.1. The minimum Gasteiger partial charge on any atom is -0.379 e. The minimum atomic E-state index is -1.08. The second kappa shape index (κ2) is 38.5. The van der Waals surface area contributed by atoms with Crippen molar-refractivity contribution < 1.29 is 80.8 Å². The van der Waals surface area contributed by atoms with Gasteiger partial charge in [0.15, 0.2) is 0 Å². The molecular weight excluding hydrogens is 867 g/mol. The van der Waals surface area contributed by atoms with E-state index in [0.717, 1.165) is 30.8 Å². The molecule has 0 bridgehead atoms.